The number of aliphatic imine (C=N–C) groups is 2. The summed E-state index contributed by atoms with van der Waals surface area (Å²) in [5, 5.41) is 78.7. The summed E-state index contributed by atoms with van der Waals surface area (Å²) in [6, 6.07) is 94.7. The number of H-pyrrole nitrogens is 2. The quantitative estimate of drug-likeness (QED) is 0.0175. The van der Waals surface area contributed by atoms with Crippen molar-refractivity contribution in [1.29, 1.82) is 0 Å². The minimum atomic E-state index is -0.783. The number of anilines is 4. The van der Waals surface area contributed by atoms with Crippen molar-refractivity contribution in [2.45, 2.75) is 69.5 Å². The van der Waals surface area contributed by atoms with Crippen LogP contribution in [0.1, 0.15) is 134 Å². The van der Waals surface area contributed by atoms with Crippen LogP contribution < -0.4 is 43.4 Å². The van der Waals surface area contributed by atoms with Crippen molar-refractivity contribution in [2.75, 3.05) is 61.5 Å². The fourth-order valence-corrected chi connectivity index (χ4v) is 15.5. The molecule has 16 rings (SSSR count). The number of nitrogens with two attached hydrogens (primary N) is 2. The van der Waals surface area contributed by atoms with E-state index < -0.39 is 30.3 Å². The molecule has 0 fully saturated rings. The maximum Gasteiger partial charge on any atom is 0.274 e. The molecule has 3 unspecified atom stereocenters. The summed E-state index contributed by atoms with van der Waals surface area (Å²) in [6.45, 7) is 6.14. The number of rotatable bonds is 35. The Morgan fingerprint density at radius 2 is 0.832 bits per heavy atom. The second-order valence-electron chi connectivity index (χ2n) is 31.3. The summed E-state index contributed by atoms with van der Waals surface area (Å²) >= 11 is 0. The summed E-state index contributed by atoms with van der Waals surface area (Å²) in [5.74, 6) is -1.45. The summed E-state index contributed by atoms with van der Waals surface area (Å²) in [6.07, 6.45) is 6.82. The molecule has 662 valence electrons. The number of primary amides is 2. The van der Waals surface area contributed by atoms with Gasteiger partial charge in [-0.2, -0.15) is 10.2 Å². The molecule has 0 bridgehead atoms. The van der Waals surface area contributed by atoms with Gasteiger partial charge in [-0.15, -0.1) is 0 Å². The molecule has 131 heavy (non-hydrogen) atoms. The highest BCUT2D eigenvalue weighted by Crippen LogP contribution is 2.35. The molecule has 24 nitrogen and oxygen atoms in total. The third-order valence-electron chi connectivity index (χ3n) is 22.4. The van der Waals surface area contributed by atoms with Crippen LogP contribution in [0, 0.1) is 0 Å². The molecule has 2 aromatic heterocycles. The average Bonchev–Trinajstić information content (AvgIpc) is 1.59. The summed E-state index contributed by atoms with van der Waals surface area (Å²) in [5.41, 5.74) is 31.3. The SMILES string of the molecule is C=C(NC)c1[nH]ncc1CCc1ccccc1C(O)c1cccc2ccccc12.CNC(=O)Cc1cccc(NC(=O)c2[nH]ncc2CNc2ccccc2[C@H](O)c2ccccc2)c1.NC(=O)Cc1ccc(CC(=O)C2=NCC=C2CNc2ccccc2C(O)c2ccccc2)cc1.NC(=O)c1ccc(CC(=O)C2=NCC=C2CNc2ccccc2C(O)c2ccccc2)cc1. The van der Waals surface area contributed by atoms with Crippen LogP contribution in [0.3, 0.4) is 0 Å². The molecule has 0 saturated carbocycles. The van der Waals surface area contributed by atoms with Crippen molar-refractivity contribution in [1.82, 2.24) is 31.0 Å². The fourth-order valence-electron chi connectivity index (χ4n) is 15.5. The Hall–Kier alpha value is -15.9. The van der Waals surface area contributed by atoms with Crippen molar-refractivity contribution in [3.8, 4) is 0 Å². The second-order valence-corrected chi connectivity index (χ2v) is 31.3. The van der Waals surface area contributed by atoms with Gasteiger partial charge in [-0.3, -0.25) is 48.9 Å². The third-order valence-corrected chi connectivity index (χ3v) is 22.4. The lowest BCUT2D eigenvalue weighted by Crippen LogP contribution is -2.22. The molecule has 24 heteroatoms. The number of aliphatic hydroxyl groups excluding tert-OH is 4. The topological polar surface area (TPSA) is 390 Å². The van der Waals surface area contributed by atoms with Crippen LogP contribution in [0.15, 0.2) is 356 Å². The Morgan fingerprint density at radius 3 is 1.34 bits per heavy atom. The number of aryl methyl sites for hydroxylation is 2. The average molecular weight is 1750 g/mol. The molecule has 12 aromatic carbocycles. The van der Waals surface area contributed by atoms with E-state index >= 15 is 0 Å². The van der Waals surface area contributed by atoms with Gasteiger partial charge < -0.3 is 63.8 Å². The van der Waals surface area contributed by atoms with Gasteiger partial charge in [0.2, 0.25) is 17.7 Å². The minimum Gasteiger partial charge on any atom is -0.387 e. The first-order valence-electron chi connectivity index (χ1n) is 43.0. The van der Waals surface area contributed by atoms with Crippen LogP contribution in [0.5, 0.6) is 0 Å². The Labute approximate surface area is 760 Å². The molecule has 0 radical (unpaired) electrons. The molecule has 2 aliphatic heterocycles. The third kappa shape index (κ3) is 25.1. The van der Waals surface area contributed by atoms with Crippen molar-refractivity contribution in [3.05, 3.63) is 446 Å². The highest BCUT2D eigenvalue weighted by molar-refractivity contribution is 6.47. The largest absolute Gasteiger partial charge is 0.387 e. The van der Waals surface area contributed by atoms with E-state index in [4.69, 9.17) is 11.5 Å². The number of nitrogens with one attached hydrogen (secondary N) is 8. The Bertz CT molecular complexity index is 6440. The molecule has 0 spiro atoms. The number of fused-ring (bicyclic) bond motifs is 1. The summed E-state index contributed by atoms with van der Waals surface area (Å²) in [4.78, 5) is 81.5. The van der Waals surface area contributed by atoms with E-state index in [2.05, 4.69) is 93.1 Å². The molecule has 0 saturated heterocycles. The number of aliphatic hydroxyl groups is 4. The van der Waals surface area contributed by atoms with Gasteiger partial charge in [0, 0.05) is 97.1 Å². The predicted octanol–water partition coefficient (Wildman–Crippen LogP) is 15.1. The number of carbonyl (C=O) groups is 6. The zero-order valence-corrected chi connectivity index (χ0v) is 72.7. The van der Waals surface area contributed by atoms with E-state index in [1.54, 1.807) is 55.7 Å². The normalized spacial score (nSPS) is 12.7. The lowest BCUT2D eigenvalue weighted by molar-refractivity contribution is -0.120. The van der Waals surface area contributed by atoms with Crippen LogP contribution in [-0.4, -0.2) is 128 Å². The zero-order chi connectivity index (χ0) is 92.0. The number of ketones is 2. The van der Waals surface area contributed by atoms with Crippen LogP contribution in [0.25, 0.3) is 16.5 Å². The number of likely N-dealkylation sites (N-methyl/N-ethyl adjacent to an activating group) is 1. The number of hydrogen-bond donors (Lipinski definition) is 14. The zero-order valence-electron chi connectivity index (χ0n) is 72.7. The van der Waals surface area contributed by atoms with Crippen LogP contribution in [0.4, 0.5) is 22.7 Å². The number of hydrogen-bond acceptors (Lipinski definition) is 18. The number of nitrogens with zero attached hydrogens (tertiary/aromatic N) is 4. The number of aromatic amines is 2. The molecule has 4 heterocycles. The van der Waals surface area contributed by atoms with Gasteiger partial charge in [-0.1, -0.05) is 280 Å². The van der Waals surface area contributed by atoms with E-state index in [1.165, 1.54) is 0 Å². The van der Waals surface area contributed by atoms with Crippen LogP contribution in [-0.2, 0) is 64.2 Å². The first kappa shape index (κ1) is 92.8. The summed E-state index contributed by atoms with van der Waals surface area (Å²) < 4.78 is 0. The van der Waals surface area contributed by atoms with Crippen molar-refractivity contribution < 1.29 is 49.2 Å². The van der Waals surface area contributed by atoms with Crippen LogP contribution >= 0.6 is 0 Å². The lowest BCUT2D eigenvalue weighted by atomic mass is 9.91. The fraction of sp³-hybridized carbons (Fsp3) is 0.159. The Kier molecular flexibility index (Phi) is 32.6. The molecule has 4 amide bonds. The van der Waals surface area contributed by atoms with Gasteiger partial charge >= 0.3 is 0 Å². The van der Waals surface area contributed by atoms with Crippen LogP contribution in [0.2, 0.25) is 0 Å². The lowest BCUT2D eigenvalue weighted by Gasteiger charge is -2.18. The highest BCUT2D eigenvalue weighted by atomic mass is 16.3. The monoisotopic (exact) mass is 1740 g/mol. The van der Waals surface area contributed by atoms with E-state index in [1.807, 2.05) is 262 Å². The minimum absolute atomic E-state index is 0.0502. The van der Waals surface area contributed by atoms with E-state index in [0.717, 1.165) is 141 Å². The summed E-state index contributed by atoms with van der Waals surface area (Å²) in [7, 11) is 3.44. The van der Waals surface area contributed by atoms with Gasteiger partial charge in [0.05, 0.1) is 49.7 Å². The van der Waals surface area contributed by atoms with Crippen molar-refractivity contribution in [2.24, 2.45) is 21.5 Å². The van der Waals surface area contributed by atoms with Gasteiger partial charge in [0.25, 0.3) is 5.91 Å². The predicted molar refractivity (Wildman–Crippen MR) is 517 cm³/mol. The van der Waals surface area contributed by atoms with Gasteiger partial charge in [0.15, 0.2) is 11.6 Å². The maximum atomic E-state index is 12.9. The van der Waals surface area contributed by atoms with Crippen molar-refractivity contribution in [3.63, 3.8) is 0 Å². The van der Waals surface area contributed by atoms with E-state index in [9.17, 15) is 49.2 Å². The van der Waals surface area contributed by atoms with Gasteiger partial charge in [-0.25, -0.2) is 0 Å². The number of benzene rings is 12. The molecular weight excluding hydrogens is 1640 g/mol. The molecule has 2 aliphatic rings. The number of para-hydroxylation sites is 3. The maximum absolute atomic E-state index is 12.9. The number of amides is 4. The van der Waals surface area contributed by atoms with E-state index in [0.29, 0.717) is 66.7 Å². The molecular formula is C107H104N14O10. The van der Waals surface area contributed by atoms with Crippen molar-refractivity contribution >= 4 is 85.8 Å². The molecule has 0 aliphatic carbocycles. The standard InChI is InChI=1S/C28H27N3O3.C27H27N5O3.C27H25N3O3.C25H25N3O/c29-26(33)17-20-12-10-19(11-13-20)16-25(32)27-22(14-15-30-27)18-31-24-9-5-4-8-23(24)28(34)21-6-2-1-3-7-21;1-28-24(33)15-18-8-7-11-21(14-18)31-27(35)25-20(17-30-32-25)16-29-23-13-6-5-12-22(23)26(34)19-9-3-2-4-10-19;28-27(33)20-12-10-18(11-13-20)16-24(31)25-21(14-15-29-25)17-30-23-9-5-4-8-22(23)26(32)19-6-2-1-3-7-19;1-17(26-2)24-20(16-27-28-24)15-14-19-9-4-6-12-22(19)25(29)23-13-7-10-18-8-3-5-11-21(18)23/h1-14,28,31,34H,15-18H2,(H2,29,33);2-14,17,26,29,34H,15-16H2,1H3,(H,28,33)(H,30,32)(H,31,35);1-14,26,30,32H,15-17H2,(H2,28,33);3-13,16,25-26,29H,1,14-15H2,2H3,(H,27,28)/t;26-;;/m.1../s1. The Morgan fingerprint density at radius 1 is 0.405 bits per heavy atom. The second kappa shape index (κ2) is 46.0. The smallest absolute Gasteiger partial charge is 0.274 e. The first-order chi connectivity index (χ1) is 63.8. The highest BCUT2D eigenvalue weighted by Gasteiger charge is 2.26. The van der Waals surface area contributed by atoms with Gasteiger partial charge in [0.1, 0.15) is 41.5 Å². The number of carbonyl (C=O) groups excluding carboxylic acids is 6. The molecule has 4 atom stereocenters. The molecule has 14 aromatic rings. The molecule has 16 N–H and O–H groups in total. The Balaban J connectivity index is 0.000000149. The first-order valence-corrected chi connectivity index (χ1v) is 43.0. The van der Waals surface area contributed by atoms with E-state index in [-0.39, 0.29) is 55.0 Å². The number of aromatic nitrogens is 4. The number of Topliss-reactive ketones (excluding diaryl/α,β-unsaturated/α-hetero) is 2. The van der Waals surface area contributed by atoms with Gasteiger partial charge in [-0.05, 0) is 138 Å².